The molecule has 1 rings (SSSR count). The molecule has 0 aliphatic heterocycles. The van der Waals surface area contributed by atoms with Crippen molar-refractivity contribution in [3.63, 3.8) is 0 Å². The first-order valence-electron chi connectivity index (χ1n) is 4.21. The van der Waals surface area contributed by atoms with Crippen molar-refractivity contribution in [2.45, 2.75) is 26.9 Å². The van der Waals surface area contributed by atoms with E-state index in [1.807, 2.05) is 0 Å². The summed E-state index contributed by atoms with van der Waals surface area (Å²) in [5.41, 5.74) is 0.658. The molecular formula is C8H13N3O2. The Hall–Kier alpha value is -1.39. The summed E-state index contributed by atoms with van der Waals surface area (Å²) >= 11 is 0. The zero-order valence-corrected chi connectivity index (χ0v) is 7.80. The van der Waals surface area contributed by atoms with Gasteiger partial charge in [0.2, 0.25) is 6.54 Å². The zero-order valence-electron chi connectivity index (χ0n) is 7.80. The van der Waals surface area contributed by atoms with Crippen LogP contribution in [0.1, 0.15) is 19.4 Å². The van der Waals surface area contributed by atoms with Crippen LogP contribution in [0.5, 0.6) is 0 Å². The standard InChI is InChI=1S/C8H13N3O2/c1-7(2)4-10-5-8(3-9-10)6-11(12)13/h3,5,7H,4,6H2,1-2H3. The SMILES string of the molecule is CC(C)Cn1cc(C[N+](=O)[O-])cn1. The maximum absolute atomic E-state index is 10.2. The number of nitrogens with zero attached hydrogens (tertiary/aromatic N) is 3. The maximum atomic E-state index is 10.2. The van der Waals surface area contributed by atoms with E-state index in [0.29, 0.717) is 11.5 Å². The summed E-state index contributed by atoms with van der Waals surface area (Å²) in [6, 6.07) is 0. The number of nitro groups is 1. The molecule has 1 aromatic heterocycles. The van der Waals surface area contributed by atoms with Crippen molar-refractivity contribution in [3.8, 4) is 0 Å². The highest BCUT2D eigenvalue weighted by atomic mass is 16.6. The Balaban J connectivity index is 2.58. The van der Waals surface area contributed by atoms with Crippen molar-refractivity contribution in [1.82, 2.24) is 9.78 Å². The minimum absolute atomic E-state index is 0.141. The van der Waals surface area contributed by atoms with Gasteiger partial charge in [0, 0.05) is 17.7 Å². The van der Waals surface area contributed by atoms with Gasteiger partial charge in [-0.15, -0.1) is 0 Å². The van der Waals surface area contributed by atoms with Gasteiger partial charge in [0.1, 0.15) is 0 Å². The molecule has 0 aromatic carbocycles. The van der Waals surface area contributed by atoms with Crippen LogP contribution in [0.4, 0.5) is 0 Å². The van der Waals surface area contributed by atoms with Crippen LogP contribution in [0.15, 0.2) is 12.4 Å². The van der Waals surface area contributed by atoms with Crippen molar-refractivity contribution < 1.29 is 4.92 Å². The predicted octanol–water partition coefficient (Wildman–Crippen LogP) is 1.32. The Bertz CT molecular complexity index is 293. The first-order valence-corrected chi connectivity index (χ1v) is 4.21. The predicted molar refractivity (Wildman–Crippen MR) is 47.8 cm³/mol. The first-order chi connectivity index (χ1) is 6.08. The maximum Gasteiger partial charge on any atom is 0.231 e. The molecule has 0 unspecified atom stereocenters. The Morgan fingerprint density at radius 3 is 2.92 bits per heavy atom. The minimum Gasteiger partial charge on any atom is -0.272 e. The van der Waals surface area contributed by atoms with Gasteiger partial charge in [-0.3, -0.25) is 14.8 Å². The fraction of sp³-hybridized carbons (Fsp3) is 0.625. The van der Waals surface area contributed by atoms with Gasteiger partial charge in [-0.1, -0.05) is 13.8 Å². The van der Waals surface area contributed by atoms with Crippen LogP contribution in [-0.2, 0) is 13.1 Å². The van der Waals surface area contributed by atoms with Gasteiger partial charge in [0.05, 0.1) is 11.8 Å². The summed E-state index contributed by atoms with van der Waals surface area (Å²) in [5, 5.41) is 14.2. The molecule has 5 heteroatoms. The van der Waals surface area contributed by atoms with E-state index < -0.39 is 0 Å². The van der Waals surface area contributed by atoms with Crippen molar-refractivity contribution >= 4 is 0 Å². The molecule has 0 aliphatic rings. The van der Waals surface area contributed by atoms with Gasteiger partial charge < -0.3 is 0 Å². The van der Waals surface area contributed by atoms with E-state index in [9.17, 15) is 10.1 Å². The largest absolute Gasteiger partial charge is 0.272 e. The molecule has 5 nitrogen and oxygen atoms in total. The minimum atomic E-state index is -0.350. The molecule has 72 valence electrons. The highest BCUT2D eigenvalue weighted by Gasteiger charge is 2.05. The van der Waals surface area contributed by atoms with E-state index in [-0.39, 0.29) is 11.5 Å². The van der Waals surface area contributed by atoms with Crippen LogP contribution < -0.4 is 0 Å². The Morgan fingerprint density at radius 2 is 2.38 bits per heavy atom. The molecule has 0 saturated carbocycles. The van der Waals surface area contributed by atoms with Crippen molar-refractivity contribution in [2.24, 2.45) is 5.92 Å². The summed E-state index contributed by atoms with van der Waals surface area (Å²) in [5.74, 6) is 0.503. The van der Waals surface area contributed by atoms with E-state index in [1.165, 1.54) is 0 Å². The van der Waals surface area contributed by atoms with Crippen molar-refractivity contribution in [2.75, 3.05) is 0 Å². The molecule has 0 saturated heterocycles. The highest BCUT2D eigenvalue weighted by Crippen LogP contribution is 2.02. The third-order valence-electron chi connectivity index (χ3n) is 1.55. The van der Waals surface area contributed by atoms with Crippen LogP contribution in [0.3, 0.4) is 0 Å². The van der Waals surface area contributed by atoms with Crippen LogP contribution in [0.2, 0.25) is 0 Å². The number of hydrogen-bond donors (Lipinski definition) is 0. The highest BCUT2D eigenvalue weighted by molar-refractivity contribution is 5.01. The van der Waals surface area contributed by atoms with Crippen molar-refractivity contribution in [1.29, 1.82) is 0 Å². The quantitative estimate of drug-likeness (QED) is 0.522. The topological polar surface area (TPSA) is 61.0 Å². The van der Waals surface area contributed by atoms with Gasteiger partial charge >= 0.3 is 0 Å². The van der Waals surface area contributed by atoms with Crippen LogP contribution in [0, 0.1) is 16.0 Å². The fourth-order valence-corrected chi connectivity index (χ4v) is 1.11. The molecular weight excluding hydrogens is 170 g/mol. The lowest BCUT2D eigenvalue weighted by Crippen LogP contribution is -2.04. The first kappa shape index (κ1) is 9.70. The number of rotatable bonds is 4. The molecule has 0 radical (unpaired) electrons. The third-order valence-corrected chi connectivity index (χ3v) is 1.55. The fourth-order valence-electron chi connectivity index (χ4n) is 1.11. The van der Waals surface area contributed by atoms with E-state index in [0.717, 1.165) is 6.54 Å². The third kappa shape index (κ3) is 3.23. The molecule has 1 aromatic rings. The van der Waals surface area contributed by atoms with Crippen LogP contribution in [-0.4, -0.2) is 14.7 Å². The summed E-state index contributed by atoms with van der Waals surface area (Å²) < 4.78 is 1.74. The van der Waals surface area contributed by atoms with E-state index in [2.05, 4.69) is 18.9 Å². The lowest BCUT2D eigenvalue weighted by atomic mass is 10.2. The summed E-state index contributed by atoms with van der Waals surface area (Å²) in [4.78, 5) is 9.82. The van der Waals surface area contributed by atoms with Gasteiger partial charge in [0.15, 0.2) is 0 Å². The smallest absolute Gasteiger partial charge is 0.231 e. The van der Waals surface area contributed by atoms with Crippen LogP contribution >= 0.6 is 0 Å². The molecule has 13 heavy (non-hydrogen) atoms. The van der Waals surface area contributed by atoms with E-state index in [4.69, 9.17) is 0 Å². The average molecular weight is 183 g/mol. The Labute approximate surface area is 76.5 Å². The lowest BCUT2D eigenvalue weighted by Gasteiger charge is -2.02. The van der Waals surface area contributed by atoms with Crippen molar-refractivity contribution in [3.05, 3.63) is 28.1 Å². The molecule has 0 spiro atoms. The second kappa shape index (κ2) is 4.02. The van der Waals surface area contributed by atoms with E-state index >= 15 is 0 Å². The second-order valence-electron chi connectivity index (χ2n) is 3.46. The second-order valence-corrected chi connectivity index (χ2v) is 3.46. The van der Waals surface area contributed by atoms with Gasteiger partial charge in [-0.25, -0.2) is 0 Å². The van der Waals surface area contributed by atoms with Gasteiger partial charge in [-0.05, 0) is 5.92 Å². The monoisotopic (exact) mass is 183 g/mol. The molecule has 1 heterocycles. The summed E-state index contributed by atoms with van der Waals surface area (Å²) in [7, 11) is 0. The van der Waals surface area contributed by atoms with Gasteiger partial charge in [0.25, 0.3) is 0 Å². The molecule has 0 aliphatic carbocycles. The normalized spacial score (nSPS) is 10.7. The molecule has 0 amide bonds. The zero-order chi connectivity index (χ0) is 9.84. The number of hydrogen-bond acceptors (Lipinski definition) is 3. The summed E-state index contributed by atoms with van der Waals surface area (Å²) in [6.45, 7) is 4.82. The lowest BCUT2D eigenvalue weighted by molar-refractivity contribution is -0.496. The Kier molecular flexibility index (Phi) is 3.00. The molecule has 0 fully saturated rings. The van der Waals surface area contributed by atoms with Crippen LogP contribution in [0.25, 0.3) is 0 Å². The molecule has 0 N–H and O–H groups in total. The van der Waals surface area contributed by atoms with Gasteiger partial charge in [-0.2, -0.15) is 5.10 Å². The average Bonchev–Trinajstić information content (AvgIpc) is 2.33. The molecule has 0 bridgehead atoms. The van der Waals surface area contributed by atoms with E-state index in [1.54, 1.807) is 17.1 Å². The number of aromatic nitrogens is 2. The Morgan fingerprint density at radius 1 is 1.69 bits per heavy atom. The summed E-state index contributed by atoms with van der Waals surface area (Å²) in [6.07, 6.45) is 3.27. The molecule has 0 atom stereocenters.